The zero-order chi connectivity index (χ0) is 23.5. The first kappa shape index (κ1) is 23.0. The summed E-state index contributed by atoms with van der Waals surface area (Å²) in [5.41, 5.74) is 2.52. The first-order valence-corrected chi connectivity index (χ1v) is 11.1. The summed E-state index contributed by atoms with van der Waals surface area (Å²) < 4.78 is 32.9. The molecule has 8 heteroatoms. The summed E-state index contributed by atoms with van der Waals surface area (Å²) in [7, 11) is 1.50. The number of nitrogens with one attached hydrogen (secondary N) is 1. The number of pyridine rings is 1. The maximum absolute atomic E-state index is 14.5. The van der Waals surface area contributed by atoms with Crippen LogP contribution in [0.1, 0.15) is 40.2 Å². The molecule has 0 unspecified atom stereocenters. The molecule has 1 N–H and O–H groups in total. The summed E-state index contributed by atoms with van der Waals surface area (Å²) in [5, 5.41) is 3.25. The molecule has 0 saturated carbocycles. The van der Waals surface area contributed by atoms with E-state index in [1.54, 1.807) is 24.0 Å². The number of anilines is 2. The number of ether oxygens (including phenoxy) is 1. The lowest BCUT2D eigenvalue weighted by Crippen LogP contribution is -2.38. The SMILES string of the molecule is COc1ccc(F)c(Nc2c(C(=O)N3CCC(c4ccc(F)cc4)CC3)cnc(Cl)c2C)c1. The van der Waals surface area contributed by atoms with Gasteiger partial charge in [-0.1, -0.05) is 23.7 Å². The van der Waals surface area contributed by atoms with Gasteiger partial charge in [0.2, 0.25) is 0 Å². The molecule has 33 heavy (non-hydrogen) atoms. The topological polar surface area (TPSA) is 54.5 Å². The van der Waals surface area contributed by atoms with Gasteiger partial charge >= 0.3 is 0 Å². The molecule has 0 aliphatic carbocycles. The van der Waals surface area contributed by atoms with Gasteiger partial charge < -0.3 is 15.0 Å². The molecule has 1 fully saturated rings. The van der Waals surface area contributed by atoms with Crippen LogP contribution < -0.4 is 10.1 Å². The highest BCUT2D eigenvalue weighted by molar-refractivity contribution is 6.30. The molecular formula is C25H24ClF2N3O2. The van der Waals surface area contributed by atoms with Crippen molar-refractivity contribution in [1.82, 2.24) is 9.88 Å². The number of hydrogen-bond acceptors (Lipinski definition) is 4. The maximum atomic E-state index is 14.5. The van der Waals surface area contributed by atoms with Gasteiger partial charge in [-0.3, -0.25) is 4.79 Å². The molecule has 3 aromatic rings. The number of likely N-dealkylation sites (tertiary alicyclic amines) is 1. The molecule has 5 nitrogen and oxygen atoms in total. The highest BCUT2D eigenvalue weighted by Crippen LogP contribution is 2.34. The van der Waals surface area contributed by atoms with E-state index in [0.29, 0.717) is 35.7 Å². The van der Waals surface area contributed by atoms with Crippen molar-refractivity contribution in [3.8, 4) is 5.75 Å². The standard InChI is InChI=1S/C25H24ClF2N3O2/c1-15-23(30-22-13-19(33-2)7-8-21(22)28)20(14-29-24(15)26)25(32)31-11-9-17(10-12-31)16-3-5-18(27)6-4-16/h3-8,13-14,17H,9-12H2,1-2H3,(H,29,30). The van der Waals surface area contributed by atoms with Gasteiger partial charge in [0.1, 0.15) is 22.5 Å². The minimum Gasteiger partial charge on any atom is -0.497 e. The largest absolute Gasteiger partial charge is 0.497 e. The summed E-state index contributed by atoms with van der Waals surface area (Å²) >= 11 is 6.22. The number of aromatic nitrogens is 1. The van der Waals surface area contributed by atoms with E-state index in [1.165, 1.54) is 43.6 Å². The summed E-state index contributed by atoms with van der Waals surface area (Å²) in [6.45, 7) is 2.83. The Morgan fingerprint density at radius 2 is 1.85 bits per heavy atom. The zero-order valence-corrected chi connectivity index (χ0v) is 19.1. The van der Waals surface area contributed by atoms with Gasteiger partial charge in [-0.25, -0.2) is 13.8 Å². The predicted molar refractivity (Wildman–Crippen MR) is 124 cm³/mol. The molecule has 0 bridgehead atoms. The van der Waals surface area contributed by atoms with Crippen molar-refractivity contribution in [3.05, 3.63) is 82.1 Å². The van der Waals surface area contributed by atoms with Crippen molar-refractivity contribution >= 4 is 28.9 Å². The molecule has 0 atom stereocenters. The third-order valence-corrected chi connectivity index (χ3v) is 6.43. The van der Waals surface area contributed by atoms with E-state index in [0.717, 1.165) is 18.4 Å². The van der Waals surface area contributed by atoms with Gasteiger partial charge in [-0.15, -0.1) is 0 Å². The Bertz CT molecular complexity index is 1160. The van der Waals surface area contributed by atoms with Crippen molar-refractivity contribution in [1.29, 1.82) is 0 Å². The average molecular weight is 472 g/mol. The number of nitrogens with zero attached hydrogens (tertiary/aromatic N) is 2. The van der Waals surface area contributed by atoms with Crippen LogP contribution in [0, 0.1) is 18.6 Å². The van der Waals surface area contributed by atoms with E-state index in [4.69, 9.17) is 16.3 Å². The number of carbonyl (C=O) groups excluding carboxylic acids is 1. The second-order valence-corrected chi connectivity index (χ2v) is 8.41. The summed E-state index contributed by atoms with van der Waals surface area (Å²) in [6, 6.07) is 10.9. The van der Waals surface area contributed by atoms with Crippen LogP contribution in [0.25, 0.3) is 0 Å². The summed E-state index contributed by atoms with van der Waals surface area (Å²) in [6.07, 6.45) is 2.96. The lowest BCUT2D eigenvalue weighted by Gasteiger charge is -2.33. The van der Waals surface area contributed by atoms with Crippen LogP contribution in [0.15, 0.2) is 48.7 Å². The number of benzene rings is 2. The molecule has 2 heterocycles. The Balaban J connectivity index is 1.56. The molecule has 172 valence electrons. The van der Waals surface area contributed by atoms with Crippen LogP contribution in [-0.4, -0.2) is 36.0 Å². The van der Waals surface area contributed by atoms with Crippen molar-refractivity contribution in [3.63, 3.8) is 0 Å². The van der Waals surface area contributed by atoms with Gasteiger partial charge in [0.15, 0.2) is 0 Å². The van der Waals surface area contributed by atoms with Gasteiger partial charge in [-0.2, -0.15) is 0 Å². The van der Waals surface area contributed by atoms with Crippen LogP contribution in [-0.2, 0) is 0 Å². The summed E-state index contributed by atoms with van der Waals surface area (Å²) in [4.78, 5) is 19.3. The highest BCUT2D eigenvalue weighted by atomic mass is 35.5. The zero-order valence-electron chi connectivity index (χ0n) is 18.4. The highest BCUT2D eigenvalue weighted by Gasteiger charge is 2.27. The molecular weight excluding hydrogens is 448 g/mol. The number of halogens is 3. The van der Waals surface area contributed by atoms with Crippen molar-refractivity contribution in [2.45, 2.75) is 25.7 Å². The van der Waals surface area contributed by atoms with Crippen LogP contribution in [0.5, 0.6) is 5.75 Å². The van der Waals surface area contributed by atoms with E-state index in [2.05, 4.69) is 10.3 Å². The number of carbonyl (C=O) groups is 1. The molecule has 1 amide bonds. The number of rotatable bonds is 5. The lowest BCUT2D eigenvalue weighted by atomic mass is 9.89. The molecule has 0 spiro atoms. The van der Waals surface area contributed by atoms with Crippen LogP contribution >= 0.6 is 11.6 Å². The molecule has 1 aliphatic rings. The van der Waals surface area contributed by atoms with Gasteiger partial charge in [0.05, 0.1) is 24.0 Å². The molecule has 1 aromatic heterocycles. The van der Waals surface area contributed by atoms with E-state index >= 15 is 0 Å². The van der Waals surface area contributed by atoms with Crippen LogP contribution in [0.4, 0.5) is 20.2 Å². The van der Waals surface area contributed by atoms with Gasteiger partial charge in [-0.05, 0) is 55.5 Å². The average Bonchev–Trinajstić information content (AvgIpc) is 2.83. The monoisotopic (exact) mass is 471 g/mol. The van der Waals surface area contributed by atoms with Gasteiger partial charge in [0, 0.05) is 30.9 Å². The van der Waals surface area contributed by atoms with Gasteiger partial charge in [0.25, 0.3) is 5.91 Å². The van der Waals surface area contributed by atoms with Crippen molar-refractivity contribution in [2.24, 2.45) is 0 Å². The van der Waals surface area contributed by atoms with E-state index in [-0.39, 0.29) is 28.5 Å². The fourth-order valence-electron chi connectivity index (χ4n) is 4.09. The number of hydrogen-bond donors (Lipinski definition) is 1. The van der Waals surface area contributed by atoms with Crippen molar-refractivity contribution < 1.29 is 18.3 Å². The summed E-state index contributed by atoms with van der Waals surface area (Å²) in [5.74, 6) is -0.201. The molecule has 2 aromatic carbocycles. The van der Waals surface area contributed by atoms with Crippen LogP contribution in [0.3, 0.4) is 0 Å². The Morgan fingerprint density at radius 1 is 1.15 bits per heavy atom. The second kappa shape index (κ2) is 9.75. The van der Waals surface area contributed by atoms with Crippen LogP contribution in [0.2, 0.25) is 5.15 Å². The Kier molecular flexibility index (Phi) is 6.79. The fourth-order valence-corrected chi connectivity index (χ4v) is 4.24. The second-order valence-electron chi connectivity index (χ2n) is 8.05. The van der Waals surface area contributed by atoms with E-state index < -0.39 is 5.82 Å². The molecule has 0 radical (unpaired) electrons. The number of piperidine rings is 1. The Morgan fingerprint density at radius 3 is 2.52 bits per heavy atom. The molecule has 1 aliphatic heterocycles. The Hall–Kier alpha value is -3.19. The third-order valence-electron chi connectivity index (χ3n) is 6.05. The smallest absolute Gasteiger partial charge is 0.257 e. The molecule has 4 rings (SSSR count). The van der Waals surface area contributed by atoms with E-state index in [1.807, 2.05) is 0 Å². The quantitative estimate of drug-likeness (QED) is 0.457. The Labute approximate surface area is 196 Å². The normalized spacial score (nSPS) is 14.3. The van der Waals surface area contributed by atoms with E-state index in [9.17, 15) is 13.6 Å². The minimum absolute atomic E-state index is 0.170. The predicted octanol–water partition coefficient (Wildman–Crippen LogP) is 6.09. The first-order chi connectivity index (χ1) is 15.9. The maximum Gasteiger partial charge on any atom is 0.257 e. The lowest BCUT2D eigenvalue weighted by molar-refractivity contribution is 0.0713. The minimum atomic E-state index is -0.485. The number of methoxy groups -OCH3 is 1. The third kappa shape index (κ3) is 4.93. The first-order valence-electron chi connectivity index (χ1n) is 10.7. The van der Waals surface area contributed by atoms with Crippen molar-refractivity contribution in [2.75, 3.05) is 25.5 Å². The molecule has 1 saturated heterocycles. The fraction of sp³-hybridized carbons (Fsp3) is 0.280. The number of amides is 1.